The van der Waals surface area contributed by atoms with Crippen LogP contribution in [-0.2, 0) is 19.0 Å². The third kappa shape index (κ3) is 6.85. The average molecular weight is 571 g/mol. The van der Waals surface area contributed by atoms with Gasteiger partial charge in [0.05, 0.1) is 24.5 Å². The lowest BCUT2D eigenvalue weighted by Gasteiger charge is -2.22. The molecule has 0 saturated carbocycles. The SMILES string of the molecule is Cn1cc(Nc2ncnc(-c3ccc4c(c3)CN(CC(F)(F)F)CC[C@H]4NC(=O)c3nc(C(C)(C)C)no3)n2)cn1. The Balaban J connectivity index is 1.43. The maximum Gasteiger partial charge on any atom is 0.401 e. The summed E-state index contributed by atoms with van der Waals surface area (Å²) < 4.78 is 46.9. The third-order valence-electron chi connectivity index (χ3n) is 6.44. The minimum atomic E-state index is -4.38. The van der Waals surface area contributed by atoms with Crippen molar-refractivity contribution in [2.24, 2.45) is 7.05 Å². The zero-order chi connectivity index (χ0) is 29.4. The molecule has 0 aliphatic carbocycles. The third-order valence-corrected chi connectivity index (χ3v) is 6.44. The molecule has 15 heteroatoms. The molecule has 1 aliphatic heterocycles. The van der Waals surface area contributed by atoms with Crippen molar-refractivity contribution in [2.45, 2.75) is 51.4 Å². The van der Waals surface area contributed by atoms with Gasteiger partial charge in [0, 0.05) is 37.3 Å². The average Bonchev–Trinajstić information content (AvgIpc) is 3.52. The van der Waals surface area contributed by atoms with Gasteiger partial charge < -0.3 is 15.2 Å². The van der Waals surface area contributed by atoms with Crippen molar-refractivity contribution < 1.29 is 22.5 Å². The van der Waals surface area contributed by atoms with Crippen LogP contribution in [0, 0.1) is 0 Å². The number of anilines is 2. The molecule has 0 fully saturated rings. The van der Waals surface area contributed by atoms with E-state index in [4.69, 9.17) is 4.52 Å². The standard InChI is InChI=1S/C26H29F3N10O2/c1-25(2,3)23-36-22(41-37-23)21(40)34-19-7-8-39(13-26(27,28)29)11-16-9-15(5-6-18(16)19)20-30-14-31-24(35-20)33-17-10-32-38(4)12-17/h5-6,9-10,12,14,19H,7-8,11,13H2,1-4H3,(H,34,40)(H,30,31,33,35)/t19-/m1/s1. The lowest BCUT2D eigenvalue weighted by molar-refractivity contribution is -0.147. The van der Waals surface area contributed by atoms with Crippen LogP contribution >= 0.6 is 0 Å². The minimum Gasteiger partial charge on any atom is -0.341 e. The molecule has 0 saturated heterocycles. The monoisotopic (exact) mass is 570 g/mol. The molecule has 5 rings (SSSR count). The molecule has 41 heavy (non-hydrogen) atoms. The van der Waals surface area contributed by atoms with E-state index in [-0.39, 0.29) is 31.3 Å². The second-order valence-corrected chi connectivity index (χ2v) is 10.9. The van der Waals surface area contributed by atoms with Gasteiger partial charge in [0.15, 0.2) is 11.6 Å². The predicted octanol–water partition coefficient (Wildman–Crippen LogP) is 3.94. The number of fused-ring (bicyclic) bond motifs is 1. The van der Waals surface area contributed by atoms with Gasteiger partial charge in [-0.05, 0) is 23.6 Å². The maximum atomic E-state index is 13.4. The van der Waals surface area contributed by atoms with E-state index in [9.17, 15) is 18.0 Å². The number of hydrogen-bond acceptors (Lipinski definition) is 10. The van der Waals surface area contributed by atoms with Crippen molar-refractivity contribution in [3.8, 4) is 11.4 Å². The van der Waals surface area contributed by atoms with Crippen LogP contribution in [0.5, 0.6) is 0 Å². The van der Waals surface area contributed by atoms with E-state index in [0.717, 1.165) is 0 Å². The predicted molar refractivity (Wildman–Crippen MR) is 141 cm³/mol. The zero-order valence-corrected chi connectivity index (χ0v) is 22.9. The number of alkyl halides is 3. The van der Waals surface area contributed by atoms with Gasteiger partial charge in [0.2, 0.25) is 5.95 Å². The summed E-state index contributed by atoms with van der Waals surface area (Å²) in [4.78, 5) is 31.4. The first-order valence-corrected chi connectivity index (χ1v) is 12.9. The molecule has 0 radical (unpaired) electrons. The van der Waals surface area contributed by atoms with Crippen LogP contribution in [0.1, 0.15) is 60.9 Å². The highest BCUT2D eigenvalue weighted by molar-refractivity contribution is 5.89. The number of benzene rings is 1. The Hall–Kier alpha value is -4.40. The van der Waals surface area contributed by atoms with Crippen LogP contribution in [0.4, 0.5) is 24.8 Å². The molecule has 1 aliphatic rings. The number of amides is 1. The van der Waals surface area contributed by atoms with Gasteiger partial charge in [-0.2, -0.15) is 28.2 Å². The molecule has 1 amide bonds. The fraction of sp³-hybridized carbons (Fsp3) is 0.423. The van der Waals surface area contributed by atoms with E-state index in [1.54, 1.807) is 42.3 Å². The summed E-state index contributed by atoms with van der Waals surface area (Å²) in [6.45, 7) is 4.71. The number of halogens is 3. The number of rotatable bonds is 6. The van der Waals surface area contributed by atoms with Crippen molar-refractivity contribution in [2.75, 3.05) is 18.4 Å². The van der Waals surface area contributed by atoms with E-state index >= 15 is 0 Å². The maximum absolute atomic E-state index is 13.4. The van der Waals surface area contributed by atoms with E-state index in [1.165, 1.54) is 11.2 Å². The molecular weight excluding hydrogens is 541 g/mol. The first-order chi connectivity index (χ1) is 19.3. The zero-order valence-electron chi connectivity index (χ0n) is 22.9. The highest BCUT2D eigenvalue weighted by atomic mass is 19.4. The number of carbonyl (C=O) groups excluding carboxylic acids is 1. The van der Waals surface area contributed by atoms with Crippen molar-refractivity contribution in [3.05, 3.63) is 59.8 Å². The van der Waals surface area contributed by atoms with Gasteiger partial charge in [-0.1, -0.05) is 38.1 Å². The highest BCUT2D eigenvalue weighted by Crippen LogP contribution is 2.32. The van der Waals surface area contributed by atoms with E-state index < -0.39 is 30.1 Å². The van der Waals surface area contributed by atoms with Crippen molar-refractivity contribution in [3.63, 3.8) is 0 Å². The molecule has 1 aromatic carbocycles. The van der Waals surface area contributed by atoms with Gasteiger partial charge in [-0.3, -0.25) is 14.4 Å². The number of nitrogens with zero attached hydrogens (tertiary/aromatic N) is 8. The Morgan fingerprint density at radius 3 is 2.66 bits per heavy atom. The summed E-state index contributed by atoms with van der Waals surface area (Å²) in [5, 5.41) is 13.9. The Bertz CT molecular complexity index is 1540. The Labute approximate surface area is 233 Å². The summed E-state index contributed by atoms with van der Waals surface area (Å²) >= 11 is 0. The molecule has 0 unspecified atom stereocenters. The van der Waals surface area contributed by atoms with Crippen LogP contribution < -0.4 is 10.6 Å². The van der Waals surface area contributed by atoms with Gasteiger partial charge in [-0.15, -0.1) is 0 Å². The number of carbonyl (C=O) groups is 1. The molecule has 3 aromatic heterocycles. The lowest BCUT2D eigenvalue weighted by Crippen LogP contribution is -2.35. The van der Waals surface area contributed by atoms with Gasteiger partial charge in [0.1, 0.15) is 6.33 Å². The van der Waals surface area contributed by atoms with E-state index in [1.807, 2.05) is 20.8 Å². The summed E-state index contributed by atoms with van der Waals surface area (Å²) in [6.07, 6.45) is 0.595. The lowest BCUT2D eigenvalue weighted by atomic mass is 9.96. The Morgan fingerprint density at radius 2 is 1.98 bits per heavy atom. The van der Waals surface area contributed by atoms with Crippen LogP contribution in [-0.4, -0.2) is 64.9 Å². The van der Waals surface area contributed by atoms with Crippen molar-refractivity contribution in [1.82, 2.24) is 45.1 Å². The van der Waals surface area contributed by atoms with Crippen LogP contribution in [0.25, 0.3) is 11.4 Å². The Morgan fingerprint density at radius 1 is 1.17 bits per heavy atom. The molecule has 4 heterocycles. The van der Waals surface area contributed by atoms with Gasteiger partial charge >= 0.3 is 18.0 Å². The first-order valence-electron chi connectivity index (χ1n) is 12.9. The molecular formula is C26H29F3N10O2. The minimum absolute atomic E-state index is 0.0235. The fourth-order valence-corrected chi connectivity index (χ4v) is 4.50. The molecule has 2 N–H and O–H groups in total. The smallest absolute Gasteiger partial charge is 0.341 e. The summed E-state index contributed by atoms with van der Waals surface area (Å²) in [5.74, 6) is 0.196. The van der Waals surface area contributed by atoms with Gasteiger partial charge in [0.25, 0.3) is 0 Å². The number of aryl methyl sites for hydroxylation is 1. The van der Waals surface area contributed by atoms with E-state index in [2.05, 4.69) is 40.8 Å². The highest BCUT2D eigenvalue weighted by Gasteiger charge is 2.34. The summed E-state index contributed by atoms with van der Waals surface area (Å²) in [7, 11) is 1.78. The molecule has 0 bridgehead atoms. The molecule has 216 valence electrons. The number of hydrogen-bond donors (Lipinski definition) is 2. The van der Waals surface area contributed by atoms with E-state index in [0.29, 0.717) is 34.0 Å². The van der Waals surface area contributed by atoms with Crippen LogP contribution in [0.2, 0.25) is 0 Å². The second kappa shape index (κ2) is 10.9. The number of nitrogens with one attached hydrogen (secondary N) is 2. The largest absolute Gasteiger partial charge is 0.401 e. The van der Waals surface area contributed by atoms with Crippen molar-refractivity contribution in [1.29, 1.82) is 0 Å². The molecule has 0 spiro atoms. The topological polar surface area (TPSA) is 140 Å². The van der Waals surface area contributed by atoms with Crippen molar-refractivity contribution >= 4 is 17.5 Å². The second-order valence-electron chi connectivity index (χ2n) is 10.9. The molecule has 1 atom stereocenters. The molecule has 12 nitrogen and oxygen atoms in total. The normalized spacial score (nSPS) is 16.2. The summed E-state index contributed by atoms with van der Waals surface area (Å²) in [6, 6.07) is 4.71. The fourth-order valence-electron chi connectivity index (χ4n) is 4.50. The quantitative estimate of drug-likeness (QED) is 0.350. The van der Waals surface area contributed by atoms with Crippen LogP contribution in [0.15, 0.2) is 41.4 Å². The first kappa shape index (κ1) is 28.1. The van der Waals surface area contributed by atoms with Gasteiger partial charge in [-0.25, -0.2) is 9.97 Å². The Kier molecular flexibility index (Phi) is 7.46. The number of aromatic nitrogens is 7. The molecule has 4 aromatic rings. The summed E-state index contributed by atoms with van der Waals surface area (Å²) in [5.41, 5.74) is 2.14. The van der Waals surface area contributed by atoms with Crippen LogP contribution in [0.3, 0.4) is 0 Å².